The first-order chi connectivity index (χ1) is 11.7. The average Bonchev–Trinajstić information content (AvgIpc) is 3.18. The van der Waals surface area contributed by atoms with Crippen molar-refractivity contribution in [2.75, 3.05) is 30.3 Å². The quantitative estimate of drug-likeness (QED) is 0.547. The summed E-state index contributed by atoms with van der Waals surface area (Å²) >= 11 is 0. The van der Waals surface area contributed by atoms with Crippen molar-refractivity contribution in [3.63, 3.8) is 0 Å². The summed E-state index contributed by atoms with van der Waals surface area (Å²) in [5.41, 5.74) is 14.9. The van der Waals surface area contributed by atoms with Crippen LogP contribution in [0.5, 0.6) is 0 Å². The Morgan fingerprint density at radius 3 is 2.83 bits per heavy atom. The van der Waals surface area contributed by atoms with Gasteiger partial charge in [-0.2, -0.15) is 0 Å². The molecule has 24 heavy (non-hydrogen) atoms. The summed E-state index contributed by atoms with van der Waals surface area (Å²) < 4.78 is 0. The predicted octanol–water partition coefficient (Wildman–Crippen LogP) is 0.358. The molecule has 0 aromatic carbocycles. The predicted molar refractivity (Wildman–Crippen MR) is 92.3 cm³/mol. The minimum Gasteiger partial charge on any atom is -0.391 e. The van der Waals surface area contributed by atoms with Crippen LogP contribution >= 0.6 is 0 Å². The van der Waals surface area contributed by atoms with E-state index in [1.807, 2.05) is 18.3 Å². The van der Waals surface area contributed by atoms with Crippen LogP contribution in [0.25, 0.3) is 22.3 Å². The maximum Gasteiger partial charge on any atom is 0.220 e. The molecule has 8 nitrogen and oxygen atoms in total. The molecule has 124 valence electrons. The second-order valence-electron chi connectivity index (χ2n) is 6.02. The van der Waals surface area contributed by atoms with E-state index in [0.717, 1.165) is 28.0 Å². The van der Waals surface area contributed by atoms with Crippen molar-refractivity contribution in [2.24, 2.45) is 11.7 Å². The molecule has 1 aliphatic rings. The number of aliphatic hydroxyl groups is 1. The lowest BCUT2D eigenvalue weighted by molar-refractivity contribution is 0.152. The topological polar surface area (TPSA) is 130 Å². The number of anilines is 2. The third-order valence-electron chi connectivity index (χ3n) is 4.55. The molecule has 0 amide bonds. The molecule has 6 N–H and O–H groups in total. The minimum atomic E-state index is -0.421. The first kappa shape index (κ1) is 14.9. The number of aliphatic hydroxyl groups excluding tert-OH is 1. The summed E-state index contributed by atoms with van der Waals surface area (Å²) in [4.78, 5) is 18.0. The van der Waals surface area contributed by atoms with Gasteiger partial charge >= 0.3 is 0 Å². The molecular weight excluding hydrogens is 306 g/mol. The van der Waals surface area contributed by atoms with Crippen LogP contribution in [-0.4, -0.2) is 50.8 Å². The van der Waals surface area contributed by atoms with Gasteiger partial charge < -0.3 is 26.5 Å². The molecule has 1 aliphatic heterocycles. The summed E-state index contributed by atoms with van der Waals surface area (Å²) in [6.07, 6.45) is 4.84. The molecule has 0 unspecified atom stereocenters. The maximum absolute atomic E-state index is 10.2. The molecular formula is C16H19N7O. The van der Waals surface area contributed by atoms with Crippen molar-refractivity contribution in [3.05, 3.63) is 30.7 Å². The summed E-state index contributed by atoms with van der Waals surface area (Å²) in [5, 5.41) is 11.1. The van der Waals surface area contributed by atoms with Gasteiger partial charge in [0, 0.05) is 43.2 Å². The van der Waals surface area contributed by atoms with Gasteiger partial charge in [0.15, 0.2) is 0 Å². The Balaban J connectivity index is 1.84. The zero-order valence-electron chi connectivity index (χ0n) is 13.1. The zero-order valence-corrected chi connectivity index (χ0v) is 13.1. The summed E-state index contributed by atoms with van der Waals surface area (Å²) in [7, 11) is 0. The van der Waals surface area contributed by atoms with Crippen LogP contribution in [0.2, 0.25) is 0 Å². The Kier molecular flexibility index (Phi) is 3.55. The fraction of sp³-hybridized carbons (Fsp3) is 0.312. The normalized spacial score (nSPS) is 20.8. The number of hydrogen-bond donors (Lipinski definition) is 4. The number of nitrogens with two attached hydrogens (primary N) is 2. The Bertz CT molecular complexity index is 878. The van der Waals surface area contributed by atoms with Gasteiger partial charge in [-0.3, -0.25) is 0 Å². The molecule has 0 radical (unpaired) electrons. The first-order valence-electron chi connectivity index (χ1n) is 7.85. The number of rotatable bonds is 3. The zero-order chi connectivity index (χ0) is 16.7. The van der Waals surface area contributed by atoms with Crippen molar-refractivity contribution in [3.8, 4) is 11.3 Å². The molecule has 1 saturated heterocycles. The van der Waals surface area contributed by atoms with Gasteiger partial charge in [-0.15, -0.1) is 0 Å². The smallest absolute Gasteiger partial charge is 0.220 e. The SMILES string of the molecule is NC[C@H]1CN(c2ccnc3[nH]cc(-c4ccnc(N)n4)c23)C[C@@H]1O. The highest BCUT2D eigenvalue weighted by Gasteiger charge is 2.31. The maximum atomic E-state index is 10.2. The molecule has 1 fully saturated rings. The number of nitrogen functional groups attached to an aromatic ring is 1. The van der Waals surface area contributed by atoms with Crippen LogP contribution in [0.1, 0.15) is 0 Å². The molecule has 0 aliphatic carbocycles. The van der Waals surface area contributed by atoms with Crippen LogP contribution < -0.4 is 16.4 Å². The van der Waals surface area contributed by atoms with E-state index in [0.29, 0.717) is 19.6 Å². The number of aromatic nitrogens is 4. The van der Waals surface area contributed by atoms with Crippen molar-refractivity contribution in [2.45, 2.75) is 6.10 Å². The van der Waals surface area contributed by atoms with E-state index in [4.69, 9.17) is 11.5 Å². The standard InChI is InChI=1S/C16H19N7O/c17-5-9-7-23(8-13(9)24)12-2-4-19-15-14(12)10(6-21-15)11-1-3-20-16(18)22-11/h1-4,6,9,13,24H,5,7-8,17H2,(H,19,21)(H2,18,20,22)/t9-,13-/m0/s1. The number of fused-ring (bicyclic) bond motifs is 1. The summed E-state index contributed by atoms with van der Waals surface area (Å²) in [6.45, 7) is 1.74. The van der Waals surface area contributed by atoms with Gasteiger partial charge in [-0.1, -0.05) is 0 Å². The second-order valence-corrected chi connectivity index (χ2v) is 6.02. The molecule has 0 saturated carbocycles. The number of β-amino-alcohol motifs (C(OH)–C–C–N with tert-alkyl or cyclic N) is 1. The monoisotopic (exact) mass is 325 g/mol. The van der Waals surface area contributed by atoms with E-state index < -0.39 is 6.10 Å². The Labute approximate surface area is 138 Å². The van der Waals surface area contributed by atoms with Gasteiger partial charge in [0.1, 0.15) is 5.65 Å². The average molecular weight is 325 g/mol. The molecule has 2 atom stereocenters. The molecule has 4 rings (SSSR count). The van der Waals surface area contributed by atoms with Gasteiger partial charge in [-0.05, 0) is 18.7 Å². The van der Waals surface area contributed by atoms with E-state index >= 15 is 0 Å². The van der Waals surface area contributed by atoms with Gasteiger partial charge in [0.25, 0.3) is 0 Å². The Hall–Kier alpha value is -2.71. The number of nitrogens with one attached hydrogen (secondary N) is 1. The first-order valence-corrected chi connectivity index (χ1v) is 7.85. The molecule has 3 aromatic heterocycles. The van der Waals surface area contributed by atoms with Crippen molar-refractivity contribution in [1.29, 1.82) is 0 Å². The number of H-pyrrole nitrogens is 1. The van der Waals surface area contributed by atoms with Crippen molar-refractivity contribution < 1.29 is 5.11 Å². The van der Waals surface area contributed by atoms with Crippen LogP contribution in [0.4, 0.5) is 11.6 Å². The molecule has 0 bridgehead atoms. The van der Waals surface area contributed by atoms with E-state index in [1.165, 1.54) is 0 Å². The third kappa shape index (κ3) is 2.36. The number of hydrogen-bond acceptors (Lipinski definition) is 7. The molecule has 8 heteroatoms. The molecule has 3 aromatic rings. The number of aromatic amines is 1. The fourth-order valence-corrected chi connectivity index (χ4v) is 3.31. The lowest BCUT2D eigenvalue weighted by atomic mass is 10.1. The van der Waals surface area contributed by atoms with Gasteiger partial charge in [0.05, 0.1) is 22.9 Å². The Morgan fingerprint density at radius 2 is 2.08 bits per heavy atom. The third-order valence-corrected chi connectivity index (χ3v) is 4.55. The highest BCUT2D eigenvalue weighted by molar-refractivity contribution is 6.02. The van der Waals surface area contributed by atoms with Crippen LogP contribution in [0.3, 0.4) is 0 Å². The van der Waals surface area contributed by atoms with Crippen molar-refractivity contribution >= 4 is 22.7 Å². The highest BCUT2D eigenvalue weighted by Crippen LogP contribution is 2.36. The number of pyridine rings is 1. The Morgan fingerprint density at radius 1 is 1.25 bits per heavy atom. The lowest BCUT2D eigenvalue weighted by Crippen LogP contribution is -2.25. The van der Waals surface area contributed by atoms with E-state index in [-0.39, 0.29) is 11.9 Å². The highest BCUT2D eigenvalue weighted by atomic mass is 16.3. The lowest BCUT2D eigenvalue weighted by Gasteiger charge is -2.19. The number of nitrogens with zero attached hydrogens (tertiary/aromatic N) is 4. The fourth-order valence-electron chi connectivity index (χ4n) is 3.31. The van der Waals surface area contributed by atoms with Crippen molar-refractivity contribution in [1.82, 2.24) is 19.9 Å². The minimum absolute atomic E-state index is 0.0744. The largest absolute Gasteiger partial charge is 0.391 e. The van der Waals surface area contributed by atoms with Crippen LogP contribution in [-0.2, 0) is 0 Å². The van der Waals surface area contributed by atoms with E-state index in [1.54, 1.807) is 12.4 Å². The van der Waals surface area contributed by atoms with Gasteiger partial charge in [-0.25, -0.2) is 15.0 Å². The molecule has 0 spiro atoms. The van der Waals surface area contributed by atoms with Crippen LogP contribution in [0, 0.1) is 5.92 Å². The molecule has 4 heterocycles. The summed E-state index contributed by atoms with van der Waals surface area (Å²) in [5.74, 6) is 0.303. The van der Waals surface area contributed by atoms with E-state index in [9.17, 15) is 5.11 Å². The summed E-state index contributed by atoms with van der Waals surface area (Å²) in [6, 6.07) is 3.77. The van der Waals surface area contributed by atoms with Crippen LogP contribution in [0.15, 0.2) is 30.7 Å². The second kappa shape index (κ2) is 5.73. The van der Waals surface area contributed by atoms with E-state index in [2.05, 4.69) is 24.8 Å². The van der Waals surface area contributed by atoms with Gasteiger partial charge in [0.2, 0.25) is 5.95 Å².